The van der Waals surface area contributed by atoms with Gasteiger partial charge in [-0.25, -0.2) is 4.39 Å². The molecule has 3 aliphatic rings. The molecule has 27 heavy (non-hydrogen) atoms. The number of hydrogen-bond donors (Lipinski definition) is 0. The number of carbonyl (C=O) groups is 2. The van der Waals surface area contributed by atoms with Crippen molar-refractivity contribution in [2.75, 3.05) is 6.54 Å². The molecule has 4 rings (SSSR count). The zero-order valence-electron chi connectivity index (χ0n) is 15.9. The summed E-state index contributed by atoms with van der Waals surface area (Å²) in [6, 6.07) is 5.83. The highest BCUT2D eigenvalue weighted by molar-refractivity contribution is 5.96. The summed E-state index contributed by atoms with van der Waals surface area (Å²) in [5.41, 5.74) is 0.736. The Kier molecular flexibility index (Phi) is 5.46. The SMILES string of the molecule is O=C1[C@H](c2ccc(F)cc2)N(C2CCCC2)C(=O)CN1C1CCCCCC1. The van der Waals surface area contributed by atoms with Crippen LogP contribution in [0.4, 0.5) is 4.39 Å². The predicted molar refractivity (Wildman–Crippen MR) is 101 cm³/mol. The molecule has 2 amide bonds. The predicted octanol–water partition coefficient (Wildman–Crippen LogP) is 4.20. The van der Waals surface area contributed by atoms with E-state index in [4.69, 9.17) is 0 Å². The number of piperazine rings is 1. The Morgan fingerprint density at radius 1 is 0.778 bits per heavy atom. The molecular weight excluding hydrogens is 343 g/mol. The van der Waals surface area contributed by atoms with E-state index < -0.39 is 6.04 Å². The quantitative estimate of drug-likeness (QED) is 0.746. The average Bonchev–Trinajstić information content (AvgIpc) is 3.06. The molecule has 1 aromatic carbocycles. The van der Waals surface area contributed by atoms with Crippen molar-refractivity contribution in [2.24, 2.45) is 0 Å². The van der Waals surface area contributed by atoms with E-state index in [1.807, 2.05) is 9.80 Å². The van der Waals surface area contributed by atoms with Crippen LogP contribution in [0, 0.1) is 5.82 Å². The number of benzene rings is 1. The molecule has 0 bridgehead atoms. The first kappa shape index (κ1) is 18.5. The van der Waals surface area contributed by atoms with E-state index in [0.29, 0.717) is 0 Å². The second-order valence-corrected chi connectivity index (χ2v) is 8.30. The first-order valence-corrected chi connectivity index (χ1v) is 10.5. The summed E-state index contributed by atoms with van der Waals surface area (Å²) in [4.78, 5) is 30.4. The Hall–Kier alpha value is -1.91. The molecule has 1 aliphatic heterocycles. The van der Waals surface area contributed by atoms with Gasteiger partial charge in [-0.05, 0) is 43.4 Å². The lowest BCUT2D eigenvalue weighted by atomic mass is 9.95. The van der Waals surface area contributed by atoms with Crippen LogP contribution in [-0.4, -0.2) is 40.2 Å². The van der Waals surface area contributed by atoms with Crippen LogP contribution in [-0.2, 0) is 9.59 Å². The Morgan fingerprint density at radius 3 is 1.96 bits per heavy atom. The van der Waals surface area contributed by atoms with Gasteiger partial charge in [0.25, 0.3) is 5.91 Å². The third-order valence-corrected chi connectivity index (χ3v) is 6.56. The fraction of sp³-hybridized carbons (Fsp3) is 0.636. The van der Waals surface area contributed by atoms with E-state index in [2.05, 4.69) is 0 Å². The summed E-state index contributed by atoms with van der Waals surface area (Å²) in [6.07, 6.45) is 10.8. The fourth-order valence-corrected chi connectivity index (χ4v) is 5.15. The fourth-order valence-electron chi connectivity index (χ4n) is 5.15. The topological polar surface area (TPSA) is 40.6 Å². The van der Waals surface area contributed by atoms with Crippen LogP contribution in [0.5, 0.6) is 0 Å². The number of rotatable bonds is 3. The smallest absolute Gasteiger partial charge is 0.250 e. The van der Waals surface area contributed by atoms with Gasteiger partial charge >= 0.3 is 0 Å². The second-order valence-electron chi connectivity index (χ2n) is 8.30. The van der Waals surface area contributed by atoms with Crippen molar-refractivity contribution in [3.05, 3.63) is 35.6 Å². The number of nitrogens with zero attached hydrogens (tertiary/aromatic N) is 2. The number of halogens is 1. The van der Waals surface area contributed by atoms with Crippen molar-refractivity contribution < 1.29 is 14.0 Å². The largest absolute Gasteiger partial charge is 0.328 e. The van der Waals surface area contributed by atoms with Crippen molar-refractivity contribution >= 4 is 11.8 Å². The third-order valence-electron chi connectivity index (χ3n) is 6.56. The van der Waals surface area contributed by atoms with Crippen LogP contribution < -0.4 is 0 Å². The van der Waals surface area contributed by atoms with Gasteiger partial charge in [0.1, 0.15) is 18.4 Å². The molecule has 4 nitrogen and oxygen atoms in total. The monoisotopic (exact) mass is 372 g/mol. The first-order valence-electron chi connectivity index (χ1n) is 10.5. The molecule has 1 saturated heterocycles. The van der Waals surface area contributed by atoms with Gasteiger partial charge < -0.3 is 9.80 Å². The van der Waals surface area contributed by atoms with Crippen molar-refractivity contribution in [1.82, 2.24) is 9.80 Å². The summed E-state index contributed by atoms with van der Waals surface area (Å²) >= 11 is 0. The molecule has 0 N–H and O–H groups in total. The lowest BCUT2D eigenvalue weighted by Crippen LogP contribution is -2.60. The zero-order chi connectivity index (χ0) is 18.8. The van der Waals surface area contributed by atoms with Crippen LogP contribution in [0.25, 0.3) is 0 Å². The van der Waals surface area contributed by atoms with Crippen molar-refractivity contribution in [3.63, 3.8) is 0 Å². The molecule has 1 heterocycles. The highest BCUT2D eigenvalue weighted by atomic mass is 19.1. The molecule has 3 fully saturated rings. The van der Waals surface area contributed by atoms with E-state index in [0.717, 1.165) is 56.9 Å². The minimum Gasteiger partial charge on any atom is -0.328 e. The maximum Gasteiger partial charge on any atom is 0.250 e. The van der Waals surface area contributed by atoms with E-state index in [-0.39, 0.29) is 36.3 Å². The summed E-state index contributed by atoms with van der Waals surface area (Å²) in [5, 5.41) is 0. The van der Waals surface area contributed by atoms with Crippen LogP contribution >= 0.6 is 0 Å². The third kappa shape index (κ3) is 3.74. The Labute approximate surface area is 160 Å². The number of hydrogen-bond acceptors (Lipinski definition) is 2. The lowest BCUT2D eigenvalue weighted by molar-refractivity contribution is -0.161. The maximum absolute atomic E-state index is 13.6. The van der Waals surface area contributed by atoms with Gasteiger partial charge in [0.2, 0.25) is 5.91 Å². The molecule has 1 atom stereocenters. The Bertz CT molecular complexity index is 676. The normalized spacial score (nSPS) is 25.9. The molecule has 0 spiro atoms. The second kappa shape index (κ2) is 7.99. The Balaban J connectivity index is 1.66. The minimum absolute atomic E-state index is 0.0278. The molecule has 2 aliphatic carbocycles. The van der Waals surface area contributed by atoms with Crippen LogP contribution in [0.2, 0.25) is 0 Å². The molecule has 0 aromatic heterocycles. The highest BCUT2D eigenvalue weighted by Gasteiger charge is 2.45. The molecule has 5 heteroatoms. The summed E-state index contributed by atoms with van der Waals surface area (Å²) < 4.78 is 13.5. The van der Waals surface area contributed by atoms with Gasteiger partial charge in [0.15, 0.2) is 0 Å². The van der Waals surface area contributed by atoms with E-state index >= 15 is 0 Å². The van der Waals surface area contributed by atoms with Gasteiger partial charge in [0.05, 0.1) is 0 Å². The van der Waals surface area contributed by atoms with Gasteiger partial charge in [-0.15, -0.1) is 0 Å². The molecule has 1 aromatic rings. The highest BCUT2D eigenvalue weighted by Crippen LogP contribution is 2.37. The van der Waals surface area contributed by atoms with E-state index in [1.165, 1.54) is 25.0 Å². The van der Waals surface area contributed by atoms with Gasteiger partial charge in [-0.2, -0.15) is 0 Å². The lowest BCUT2D eigenvalue weighted by Gasteiger charge is -2.46. The summed E-state index contributed by atoms with van der Waals surface area (Å²) in [5.74, 6) is -0.235. The van der Waals surface area contributed by atoms with Crippen molar-refractivity contribution in [2.45, 2.75) is 82.3 Å². The Morgan fingerprint density at radius 2 is 1.33 bits per heavy atom. The van der Waals surface area contributed by atoms with Gasteiger partial charge in [-0.1, -0.05) is 50.7 Å². The van der Waals surface area contributed by atoms with E-state index in [9.17, 15) is 14.0 Å². The molecule has 0 radical (unpaired) electrons. The van der Waals surface area contributed by atoms with Crippen molar-refractivity contribution in [3.8, 4) is 0 Å². The number of amides is 2. The molecule has 146 valence electrons. The zero-order valence-corrected chi connectivity index (χ0v) is 15.9. The van der Waals surface area contributed by atoms with Crippen LogP contribution in [0.3, 0.4) is 0 Å². The summed E-state index contributed by atoms with van der Waals surface area (Å²) in [7, 11) is 0. The summed E-state index contributed by atoms with van der Waals surface area (Å²) in [6.45, 7) is 0.206. The molecule has 2 saturated carbocycles. The standard InChI is InChI=1S/C22H29FN2O2/c23-17-13-11-16(12-14-17)21-22(27)24(18-7-3-1-2-4-8-18)15-20(26)25(21)19-9-5-6-10-19/h11-14,18-19,21H,1-10,15H2/t21-/m0/s1. The molecule has 0 unspecified atom stereocenters. The van der Waals surface area contributed by atoms with Gasteiger partial charge in [0, 0.05) is 12.1 Å². The van der Waals surface area contributed by atoms with Crippen LogP contribution in [0.15, 0.2) is 24.3 Å². The van der Waals surface area contributed by atoms with Gasteiger partial charge in [-0.3, -0.25) is 9.59 Å². The maximum atomic E-state index is 13.6. The average molecular weight is 372 g/mol. The minimum atomic E-state index is -0.599. The molecular formula is C22H29FN2O2. The van der Waals surface area contributed by atoms with Crippen molar-refractivity contribution in [1.29, 1.82) is 0 Å². The van der Waals surface area contributed by atoms with Crippen LogP contribution in [0.1, 0.15) is 75.8 Å². The first-order chi connectivity index (χ1) is 13.1. The van der Waals surface area contributed by atoms with E-state index in [1.54, 1.807) is 12.1 Å². The number of carbonyl (C=O) groups excluding carboxylic acids is 2.